The number of H-pyrrole nitrogens is 1. The van der Waals surface area contributed by atoms with Crippen LogP contribution in [-0.2, 0) is 4.79 Å². The van der Waals surface area contributed by atoms with Gasteiger partial charge < -0.3 is 10.1 Å². The third-order valence-corrected chi connectivity index (χ3v) is 4.93. The fraction of sp³-hybridized carbons (Fsp3) is 0.375. The Morgan fingerprint density at radius 3 is 2.77 bits per heavy atom. The molecule has 26 heavy (non-hydrogen) atoms. The van der Waals surface area contributed by atoms with E-state index in [0.717, 1.165) is 0 Å². The van der Waals surface area contributed by atoms with Gasteiger partial charge >= 0.3 is 6.03 Å². The maximum atomic E-state index is 12.1. The van der Waals surface area contributed by atoms with Gasteiger partial charge in [-0.15, -0.1) is 5.10 Å². The van der Waals surface area contributed by atoms with Crippen molar-refractivity contribution < 1.29 is 14.3 Å². The van der Waals surface area contributed by atoms with Gasteiger partial charge in [0.2, 0.25) is 5.16 Å². The van der Waals surface area contributed by atoms with Crippen molar-refractivity contribution in [3.8, 4) is 17.1 Å². The molecular weight excluding hydrogens is 378 g/mol. The molecule has 1 aliphatic rings. The fourth-order valence-electron chi connectivity index (χ4n) is 2.55. The Balaban J connectivity index is 1.64. The van der Waals surface area contributed by atoms with E-state index in [0.29, 0.717) is 33.1 Å². The largest absolute Gasteiger partial charge is 0.496 e. The van der Waals surface area contributed by atoms with Crippen LogP contribution in [0.1, 0.15) is 13.8 Å². The zero-order chi connectivity index (χ0) is 18.9. The topological polar surface area (TPSA) is 100 Å². The fourth-order valence-corrected chi connectivity index (χ4v) is 3.44. The lowest BCUT2D eigenvalue weighted by atomic mass is 10.1. The molecule has 0 radical (unpaired) electrons. The highest BCUT2D eigenvalue weighted by molar-refractivity contribution is 7.99. The van der Waals surface area contributed by atoms with E-state index in [2.05, 4.69) is 20.5 Å². The third-order valence-electron chi connectivity index (χ3n) is 3.87. The average Bonchev–Trinajstić information content (AvgIpc) is 3.13. The maximum Gasteiger partial charge on any atom is 0.325 e. The van der Waals surface area contributed by atoms with Gasteiger partial charge in [-0.05, 0) is 32.0 Å². The summed E-state index contributed by atoms with van der Waals surface area (Å²) in [5, 5.41) is 10.7. The predicted octanol–water partition coefficient (Wildman–Crippen LogP) is 2.56. The Morgan fingerprint density at radius 2 is 2.12 bits per heavy atom. The first-order chi connectivity index (χ1) is 12.3. The number of nitrogens with one attached hydrogen (secondary N) is 2. The third kappa shape index (κ3) is 3.63. The number of ether oxygens (including phenoxy) is 1. The summed E-state index contributed by atoms with van der Waals surface area (Å²) in [6.07, 6.45) is 0. The van der Waals surface area contributed by atoms with Gasteiger partial charge in [-0.2, -0.15) is 0 Å². The van der Waals surface area contributed by atoms with Crippen molar-refractivity contribution in [2.24, 2.45) is 0 Å². The lowest BCUT2D eigenvalue weighted by Crippen LogP contribution is -2.40. The van der Waals surface area contributed by atoms with Gasteiger partial charge in [0.1, 0.15) is 11.3 Å². The molecule has 138 valence electrons. The van der Waals surface area contributed by atoms with Crippen molar-refractivity contribution in [3.63, 3.8) is 0 Å². The zero-order valence-electron chi connectivity index (χ0n) is 14.5. The number of imide groups is 1. The van der Waals surface area contributed by atoms with Crippen LogP contribution in [-0.4, -0.2) is 57.0 Å². The highest BCUT2D eigenvalue weighted by Crippen LogP contribution is 2.31. The number of benzene rings is 1. The van der Waals surface area contributed by atoms with E-state index in [1.54, 1.807) is 39.2 Å². The van der Waals surface area contributed by atoms with Crippen LogP contribution in [0.25, 0.3) is 11.4 Å². The van der Waals surface area contributed by atoms with Crippen LogP contribution in [0.4, 0.5) is 4.79 Å². The summed E-state index contributed by atoms with van der Waals surface area (Å²) in [5.74, 6) is 1.41. The minimum Gasteiger partial charge on any atom is -0.496 e. The van der Waals surface area contributed by atoms with Gasteiger partial charge in [0.05, 0.1) is 12.7 Å². The highest BCUT2D eigenvalue weighted by Gasteiger charge is 2.43. The summed E-state index contributed by atoms with van der Waals surface area (Å²) < 4.78 is 5.31. The summed E-state index contributed by atoms with van der Waals surface area (Å²) in [5.41, 5.74) is -0.155. The quantitative estimate of drug-likeness (QED) is 0.576. The smallest absolute Gasteiger partial charge is 0.325 e. The lowest BCUT2D eigenvalue weighted by molar-refractivity contribution is -0.130. The van der Waals surface area contributed by atoms with E-state index in [4.69, 9.17) is 16.3 Å². The molecule has 3 amide bonds. The minimum atomic E-state index is -0.858. The van der Waals surface area contributed by atoms with E-state index in [9.17, 15) is 9.59 Å². The standard InChI is InChI=1S/C16H18ClN5O3S/c1-16(2)13(23)22(15(24)19-16)6-7-26-14-18-12(20-21-14)10-8-9(17)4-5-11(10)25-3/h4-5,8H,6-7H2,1-3H3,(H,19,24)(H,18,20,21). The lowest BCUT2D eigenvalue weighted by Gasteiger charge is -2.15. The number of halogens is 1. The normalized spacial score (nSPS) is 16.1. The molecule has 1 aromatic heterocycles. The molecule has 1 saturated heterocycles. The molecule has 2 heterocycles. The molecule has 1 aliphatic heterocycles. The van der Waals surface area contributed by atoms with Crippen LogP contribution < -0.4 is 10.1 Å². The minimum absolute atomic E-state index is 0.234. The molecule has 0 atom stereocenters. The number of thioether (sulfide) groups is 1. The van der Waals surface area contributed by atoms with Crippen LogP contribution >= 0.6 is 23.4 Å². The Hall–Kier alpha value is -2.26. The number of hydrogen-bond donors (Lipinski definition) is 2. The van der Waals surface area contributed by atoms with Gasteiger partial charge in [0.25, 0.3) is 5.91 Å². The second kappa shape index (κ2) is 7.16. The molecule has 0 unspecified atom stereocenters. The molecule has 1 fully saturated rings. The highest BCUT2D eigenvalue weighted by atomic mass is 35.5. The van der Waals surface area contributed by atoms with E-state index in [-0.39, 0.29) is 18.5 Å². The van der Waals surface area contributed by atoms with Crippen molar-refractivity contribution in [3.05, 3.63) is 23.2 Å². The van der Waals surface area contributed by atoms with E-state index >= 15 is 0 Å². The monoisotopic (exact) mass is 395 g/mol. The summed E-state index contributed by atoms with van der Waals surface area (Å²) in [6.45, 7) is 3.64. The second-order valence-corrected chi connectivity index (χ2v) is 7.67. The Kier molecular flexibility index (Phi) is 5.10. The SMILES string of the molecule is COc1ccc(Cl)cc1-c1nc(SCCN2C(=O)NC(C)(C)C2=O)n[nH]1. The van der Waals surface area contributed by atoms with Crippen LogP contribution in [0.2, 0.25) is 5.02 Å². The van der Waals surface area contributed by atoms with Gasteiger partial charge in [-0.1, -0.05) is 23.4 Å². The average molecular weight is 396 g/mol. The Morgan fingerprint density at radius 1 is 1.35 bits per heavy atom. The second-order valence-electron chi connectivity index (χ2n) is 6.17. The molecule has 8 nitrogen and oxygen atoms in total. The number of carbonyl (C=O) groups excluding carboxylic acids is 2. The summed E-state index contributed by atoms with van der Waals surface area (Å²) >= 11 is 7.38. The summed E-state index contributed by atoms with van der Waals surface area (Å²) in [6, 6.07) is 4.85. The van der Waals surface area contributed by atoms with Crippen molar-refractivity contribution in [1.82, 2.24) is 25.4 Å². The first-order valence-corrected chi connectivity index (χ1v) is 9.21. The van der Waals surface area contributed by atoms with Crippen LogP contribution in [0.3, 0.4) is 0 Å². The van der Waals surface area contributed by atoms with Gasteiger partial charge in [-0.3, -0.25) is 14.8 Å². The molecule has 3 rings (SSSR count). The summed E-state index contributed by atoms with van der Waals surface area (Å²) in [4.78, 5) is 29.6. The molecule has 2 N–H and O–H groups in total. The molecule has 0 spiro atoms. The number of aromatic nitrogens is 3. The number of methoxy groups -OCH3 is 1. The number of nitrogens with zero attached hydrogens (tertiary/aromatic N) is 3. The maximum absolute atomic E-state index is 12.1. The van der Waals surface area contributed by atoms with Crippen LogP contribution in [0.15, 0.2) is 23.4 Å². The molecule has 1 aromatic carbocycles. The van der Waals surface area contributed by atoms with E-state index < -0.39 is 5.54 Å². The zero-order valence-corrected chi connectivity index (χ0v) is 16.1. The molecule has 0 bridgehead atoms. The van der Waals surface area contributed by atoms with E-state index in [1.807, 2.05) is 0 Å². The number of carbonyl (C=O) groups is 2. The van der Waals surface area contributed by atoms with Crippen molar-refractivity contribution >= 4 is 35.3 Å². The van der Waals surface area contributed by atoms with Crippen molar-refractivity contribution in [2.45, 2.75) is 24.5 Å². The molecule has 0 saturated carbocycles. The molecule has 0 aliphatic carbocycles. The first kappa shape index (κ1) is 18.5. The molecule has 2 aromatic rings. The molecular formula is C16H18ClN5O3S. The summed E-state index contributed by atoms with van der Waals surface area (Å²) in [7, 11) is 1.57. The Bertz CT molecular complexity index is 854. The number of rotatable bonds is 6. The Labute approximate surface area is 159 Å². The van der Waals surface area contributed by atoms with Crippen molar-refractivity contribution in [1.29, 1.82) is 0 Å². The van der Waals surface area contributed by atoms with Gasteiger partial charge in [0.15, 0.2) is 5.82 Å². The van der Waals surface area contributed by atoms with Crippen molar-refractivity contribution in [2.75, 3.05) is 19.4 Å². The first-order valence-electron chi connectivity index (χ1n) is 7.85. The number of amides is 3. The number of urea groups is 1. The van der Waals surface area contributed by atoms with Gasteiger partial charge in [-0.25, -0.2) is 9.78 Å². The van der Waals surface area contributed by atoms with Gasteiger partial charge in [0, 0.05) is 17.3 Å². The number of hydrogen-bond acceptors (Lipinski definition) is 6. The predicted molar refractivity (Wildman–Crippen MR) is 98.4 cm³/mol. The molecule has 10 heteroatoms. The van der Waals surface area contributed by atoms with Crippen LogP contribution in [0, 0.1) is 0 Å². The van der Waals surface area contributed by atoms with Crippen LogP contribution in [0.5, 0.6) is 5.75 Å². The van der Waals surface area contributed by atoms with E-state index in [1.165, 1.54) is 16.7 Å². The number of aromatic amines is 1.